The summed E-state index contributed by atoms with van der Waals surface area (Å²) in [5.41, 5.74) is 1.47. The van der Waals surface area contributed by atoms with Gasteiger partial charge in [-0.25, -0.2) is 0 Å². The van der Waals surface area contributed by atoms with Crippen molar-refractivity contribution >= 4 is 46.4 Å². The van der Waals surface area contributed by atoms with Gasteiger partial charge in [0, 0.05) is 5.56 Å². The maximum absolute atomic E-state index is 9.22. The summed E-state index contributed by atoms with van der Waals surface area (Å²) in [4.78, 5) is 0. The molecule has 5 heteroatoms. The number of benzene rings is 2. The van der Waals surface area contributed by atoms with Gasteiger partial charge in [-0.1, -0.05) is 72.4 Å². The molecule has 19 heavy (non-hydrogen) atoms. The average Bonchev–Trinajstić information content (AvgIpc) is 2.44. The molecule has 0 atom stereocenters. The maximum Gasteiger partial charge on any atom is 0.115 e. The van der Waals surface area contributed by atoms with Crippen LogP contribution in [0.1, 0.15) is 13.8 Å². The summed E-state index contributed by atoms with van der Waals surface area (Å²) >= 11 is 23.9. The average molecular weight is 338 g/mol. The molecule has 2 aromatic carbocycles. The predicted octanol–water partition coefficient (Wildman–Crippen LogP) is 6.70. The molecule has 0 aliphatic rings. The summed E-state index contributed by atoms with van der Waals surface area (Å²) in [6, 6.07) is 8.20. The lowest BCUT2D eigenvalue weighted by atomic mass is 10.1. The van der Waals surface area contributed by atoms with Crippen LogP contribution < -0.4 is 0 Å². The van der Waals surface area contributed by atoms with E-state index in [1.165, 1.54) is 0 Å². The van der Waals surface area contributed by atoms with Crippen LogP contribution in [0, 0.1) is 0 Å². The zero-order valence-electron chi connectivity index (χ0n) is 10.3. The van der Waals surface area contributed by atoms with Crippen LogP contribution >= 0.6 is 46.4 Å². The van der Waals surface area contributed by atoms with Gasteiger partial charge in [-0.15, -0.1) is 0 Å². The van der Waals surface area contributed by atoms with Crippen molar-refractivity contribution in [3.63, 3.8) is 0 Å². The van der Waals surface area contributed by atoms with Crippen molar-refractivity contribution in [2.75, 3.05) is 0 Å². The fraction of sp³-hybridized carbons (Fsp3) is 0.143. The lowest BCUT2D eigenvalue weighted by Crippen LogP contribution is -1.83. The Kier molecular flexibility index (Phi) is 6.28. The van der Waals surface area contributed by atoms with Crippen LogP contribution in [0.5, 0.6) is 5.75 Å². The molecule has 0 bridgehead atoms. The van der Waals surface area contributed by atoms with Crippen molar-refractivity contribution in [1.29, 1.82) is 0 Å². The van der Waals surface area contributed by atoms with Gasteiger partial charge in [0.1, 0.15) is 5.75 Å². The molecular weight excluding hydrogens is 326 g/mol. The Morgan fingerprint density at radius 2 is 1.32 bits per heavy atom. The molecule has 0 spiro atoms. The second-order valence-corrected chi connectivity index (χ2v) is 4.94. The molecule has 0 unspecified atom stereocenters. The smallest absolute Gasteiger partial charge is 0.115 e. The van der Waals surface area contributed by atoms with E-state index in [9.17, 15) is 5.11 Å². The molecule has 0 amide bonds. The van der Waals surface area contributed by atoms with Crippen LogP contribution in [0.15, 0.2) is 30.3 Å². The van der Waals surface area contributed by atoms with E-state index in [0.29, 0.717) is 15.6 Å². The minimum Gasteiger partial charge on any atom is -0.508 e. The lowest BCUT2D eigenvalue weighted by molar-refractivity contribution is 0.475. The maximum atomic E-state index is 9.22. The van der Waals surface area contributed by atoms with Crippen LogP contribution in [0.2, 0.25) is 20.1 Å². The molecule has 0 saturated carbocycles. The third kappa shape index (κ3) is 3.70. The van der Waals surface area contributed by atoms with Crippen molar-refractivity contribution in [3.8, 4) is 16.9 Å². The van der Waals surface area contributed by atoms with Crippen molar-refractivity contribution in [1.82, 2.24) is 0 Å². The summed E-state index contributed by atoms with van der Waals surface area (Å²) in [6.45, 7) is 4.00. The predicted molar refractivity (Wildman–Crippen MR) is 84.9 cm³/mol. The van der Waals surface area contributed by atoms with E-state index in [0.717, 1.165) is 5.56 Å². The van der Waals surface area contributed by atoms with Crippen molar-refractivity contribution < 1.29 is 5.11 Å². The van der Waals surface area contributed by atoms with Gasteiger partial charge >= 0.3 is 0 Å². The second-order valence-electron chi connectivity index (χ2n) is 3.39. The highest BCUT2D eigenvalue weighted by atomic mass is 35.5. The quantitative estimate of drug-likeness (QED) is 0.453. The van der Waals surface area contributed by atoms with Gasteiger partial charge in [-0.2, -0.15) is 0 Å². The molecule has 1 nitrogen and oxygen atoms in total. The standard InChI is InChI=1S/C12H6Cl4O.C2H6/c13-9-5-8(10(14)12(16)11(9)15)6-1-3-7(17)4-2-6;1-2/h1-5,17H;1-2H3. The Morgan fingerprint density at radius 1 is 0.789 bits per heavy atom. The zero-order chi connectivity index (χ0) is 14.6. The van der Waals surface area contributed by atoms with Gasteiger partial charge in [-0.05, 0) is 23.8 Å². The summed E-state index contributed by atoms with van der Waals surface area (Å²) in [7, 11) is 0. The first kappa shape index (κ1) is 16.5. The normalized spacial score (nSPS) is 9.79. The number of halogens is 4. The van der Waals surface area contributed by atoms with Gasteiger partial charge in [0.05, 0.1) is 20.1 Å². The van der Waals surface area contributed by atoms with E-state index < -0.39 is 0 Å². The second kappa shape index (κ2) is 7.25. The molecule has 0 radical (unpaired) electrons. The number of aromatic hydroxyl groups is 1. The Labute approximate surface area is 132 Å². The molecule has 1 N–H and O–H groups in total. The molecule has 102 valence electrons. The molecular formula is C14H12Cl4O. The molecule has 0 fully saturated rings. The first-order valence-electron chi connectivity index (χ1n) is 5.63. The molecule has 0 heterocycles. The highest BCUT2D eigenvalue weighted by molar-refractivity contribution is 6.52. The Morgan fingerprint density at radius 3 is 1.84 bits per heavy atom. The van der Waals surface area contributed by atoms with Gasteiger partial charge < -0.3 is 5.11 Å². The third-order valence-corrected chi connectivity index (χ3v) is 4.03. The third-order valence-electron chi connectivity index (χ3n) is 2.28. The van der Waals surface area contributed by atoms with E-state index in [4.69, 9.17) is 46.4 Å². The summed E-state index contributed by atoms with van der Waals surface area (Å²) in [6.07, 6.45) is 0. The molecule has 2 aromatic rings. The Bertz CT molecular complexity index is 565. The summed E-state index contributed by atoms with van der Waals surface area (Å²) < 4.78 is 0. The topological polar surface area (TPSA) is 20.2 Å². The Balaban J connectivity index is 0.000000861. The lowest BCUT2D eigenvalue weighted by Gasteiger charge is -2.09. The zero-order valence-corrected chi connectivity index (χ0v) is 13.4. The van der Waals surface area contributed by atoms with Crippen LogP contribution in [0.4, 0.5) is 0 Å². The van der Waals surface area contributed by atoms with Crippen LogP contribution in [0.25, 0.3) is 11.1 Å². The fourth-order valence-electron chi connectivity index (χ4n) is 1.42. The SMILES string of the molecule is CC.Oc1ccc(-c2cc(Cl)c(Cl)c(Cl)c2Cl)cc1. The van der Waals surface area contributed by atoms with Crippen molar-refractivity contribution in [2.45, 2.75) is 13.8 Å². The molecule has 0 saturated heterocycles. The molecule has 0 aromatic heterocycles. The Hall–Kier alpha value is -0.600. The molecule has 0 aliphatic heterocycles. The summed E-state index contributed by atoms with van der Waals surface area (Å²) in [5.74, 6) is 0.177. The van der Waals surface area contributed by atoms with E-state index in [-0.39, 0.29) is 15.8 Å². The van der Waals surface area contributed by atoms with Gasteiger partial charge in [0.2, 0.25) is 0 Å². The minimum atomic E-state index is 0.177. The van der Waals surface area contributed by atoms with Crippen LogP contribution in [-0.2, 0) is 0 Å². The first-order valence-corrected chi connectivity index (χ1v) is 7.14. The highest BCUT2D eigenvalue weighted by Gasteiger charge is 2.14. The van der Waals surface area contributed by atoms with Gasteiger partial charge in [-0.3, -0.25) is 0 Å². The number of hydrogen-bond donors (Lipinski definition) is 1. The van der Waals surface area contributed by atoms with E-state index >= 15 is 0 Å². The minimum absolute atomic E-state index is 0.177. The van der Waals surface area contributed by atoms with Gasteiger partial charge in [0.25, 0.3) is 0 Å². The monoisotopic (exact) mass is 336 g/mol. The number of rotatable bonds is 1. The fourth-order valence-corrected chi connectivity index (χ4v) is 2.34. The van der Waals surface area contributed by atoms with Crippen LogP contribution in [0.3, 0.4) is 0 Å². The molecule has 2 rings (SSSR count). The van der Waals surface area contributed by atoms with E-state index in [2.05, 4.69) is 0 Å². The van der Waals surface area contributed by atoms with Crippen molar-refractivity contribution in [3.05, 3.63) is 50.4 Å². The van der Waals surface area contributed by atoms with E-state index in [1.54, 1.807) is 30.3 Å². The number of phenols is 1. The van der Waals surface area contributed by atoms with Crippen molar-refractivity contribution in [2.24, 2.45) is 0 Å². The van der Waals surface area contributed by atoms with E-state index in [1.807, 2.05) is 13.8 Å². The van der Waals surface area contributed by atoms with Crippen LogP contribution in [-0.4, -0.2) is 5.11 Å². The number of hydrogen-bond acceptors (Lipinski definition) is 1. The summed E-state index contributed by atoms with van der Waals surface area (Å²) in [5, 5.41) is 10.4. The molecule has 0 aliphatic carbocycles. The highest BCUT2D eigenvalue weighted by Crippen LogP contribution is 2.42. The van der Waals surface area contributed by atoms with Gasteiger partial charge in [0.15, 0.2) is 0 Å². The first-order chi connectivity index (χ1) is 9.00. The number of phenolic OH excluding ortho intramolecular Hbond substituents is 1. The largest absolute Gasteiger partial charge is 0.508 e.